The van der Waals surface area contributed by atoms with Gasteiger partial charge in [0.05, 0.1) is 6.20 Å². The van der Waals surface area contributed by atoms with Crippen molar-refractivity contribution in [2.75, 3.05) is 11.9 Å². The summed E-state index contributed by atoms with van der Waals surface area (Å²) in [5.41, 5.74) is 0.815. The second-order valence-electron chi connectivity index (χ2n) is 4.08. The molecule has 2 aromatic rings. The molecule has 1 unspecified atom stereocenters. The molecule has 5 heteroatoms. The number of fused-ring (bicyclic) bond motifs is 1. The zero-order chi connectivity index (χ0) is 11.7. The summed E-state index contributed by atoms with van der Waals surface area (Å²) in [6.45, 7) is 0.670. The first-order valence-electron chi connectivity index (χ1n) is 5.69. The standard InChI is InChI=1S/C12H13N3O2/c16-12(9-4-3-7-17-9)14-10-8-15-6-2-1-5-11(15)13-10/h1-2,5-6,8-9H,3-4,7H2,(H,14,16). The van der Waals surface area contributed by atoms with Crippen molar-refractivity contribution < 1.29 is 9.53 Å². The first-order valence-corrected chi connectivity index (χ1v) is 5.69. The van der Waals surface area contributed by atoms with Gasteiger partial charge in [0.15, 0.2) is 5.82 Å². The summed E-state index contributed by atoms with van der Waals surface area (Å²) in [7, 11) is 0. The Bertz CT molecular complexity index is 510. The van der Waals surface area contributed by atoms with Gasteiger partial charge in [0.25, 0.3) is 5.91 Å². The fourth-order valence-corrected chi connectivity index (χ4v) is 1.99. The minimum absolute atomic E-state index is 0.106. The van der Waals surface area contributed by atoms with E-state index in [1.807, 2.05) is 28.8 Å². The van der Waals surface area contributed by atoms with Crippen LogP contribution in [0.5, 0.6) is 0 Å². The minimum atomic E-state index is -0.320. The van der Waals surface area contributed by atoms with Gasteiger partial charge in [-0.1, -0.05) is 6.07 Å². The van der Waals surface area contributed by atoms with Crippen molar-refractivity contribution >= 4 is 17.4 Å². The molecular weight excluding hydrogens is 218 g/mol. The van der Waals surface area contributed by atoms with E-state index >= 15 is 0 Å². The Kier molecular flexibility index (Phi) is 2.53. The maximum atomic E-state index is 11.8. The third-order valence-electron chi connectivity index (χ3n) is 2.84. The molecule has 1 fully saturated rings. The van der Waals surface area contributed by atoms with Gasteiger partial charge in [0.1, 0.15) is 11.8 Å². The lowest BCUT2D eigenvalue weighted by Gasteiger charge is -2.07. The fraction of sp³-hybridized carbons (Fsp3) is 0.333. The van der Waals surface area contributed by atoms with E-state index in [1.54, 1.807) is 6.20 Å². The van der Waals surface area contributed by atoms with Gasteiger partial charge in [0, 0.05) is 12.8 Å². The summed E-state index contributed by atoms with van der Waals surface area (Å²) in [5.74, 6) is 0.461. The average molecular weight is 231 g/mol. The van der Waals surface area contributed by atoms with Crippen LogP contribution >= 0.6 is 0 Å². The molecule has 0 aromatic carbocycles. The van der Waals surface area contributed by atoms with Crippen molar-refractivity contribution in [2.24, 2.45) is 0 Å². The number of hydrogen-bond acceptors (Lipinski definition) is 3. The van der Waals surface area contributed by atoms with Crippen LogP contribution in [-0.2, 0) is 9.53 Å². The zero-order valence-corrected chi connectivity index (χ0v) is 9.30. The molecule has 2 aromatic heterocycles. The van der Waals surface area contributed by atoms with E-state index in [0.29, 0.717) is 12.4 Å². The molecule has 1 amide bonds. The predicted octanol–water partition coefficient (Wildman–Crippen LogP) is 1.45. The van der Waals surface area contributed by atoms with Crippen LogP contribution in [0.2, 0.25) is 0 Å². The molecule has 0 radical (unpaired) electrons. The highest BCUT2D eigenvalue weighted by Gasteiger charge is 2.23. The SMILES string of the molecule is O=C(Nc1cn2ccccc2n1)C1CCCO1. The van der Waals surface area contributed by atoms with E-state index in [-0.39, 0.29) is 12.0 Å². The maximum Gasteiger partial charge on any atom is 0.254 e. The van der Waals surface area contributed by atoms with Crippen molar-refractivity contribution in [2.45, 2.75) is 18.9 Å². The molecule has 1 atom stereocenters. The summed E-state index contributed by atoms with van der Waals surface area (Å²) in [6, 6.07) is 5.72. The molecule has 5 nitrogen and oxygen atoms in total. The minimum Gasteiger partial charge on any atom is -0.368 e. The van der Waals surface area contributed by atoms with Crippen LogP contribution in [-0.4, -0.2) is 28.0 Å². The highest BCUT2D eigenvalue weighted by Crippen LogP contribution is 2.15. The number of amides is 1. The number of pyridine rings is 1. The van der Waals surface area contributed by atoms with Gasteiger partial charge in [-0.15, -0.1) is 0 Å². The third-order valence-corrected chi connectivity index (χ3v) is 2.84. The van der Waals surface area contributed by atoms with Gasteiger partial charge in [-0.2, -0.15) is 0 Å². The number of nitrogens with one attached hydrogen (secondary N) is 1. The Morgan fingerprint density at radius 1 is 1.53 bits per heavy atom. The van der Waals surface area contributed by atoms with Gasteiger partial charge in [-0.25, -0.2) is 4.98 Å². The fourth-order valence-electron chi connectivity index (χ4n) is 1.99. The normalized spacial score (nSPS) is 19.6. The van der Waals surface area contributed by atoms with Crippen molar-refractivity contribution in [3.63, 3.8) is 0 Å². The molecule has 17 heavy (non-hydrogen) atoms. The number of anilines is 1. The van der Waals surface area contributed by atoms with Crippen LogP contribution in [0.25, 0.3) is 5.65 Å². The third kappa shape index (κ3) is 2.01. The van der Waals surface area contributed by atoms with E-state index in [0.717, 1.165) is 18.5 Å². The molecule has 0 bridgehead atoms. The van der Waals surface area contributed by atoms with Crippen LogP contribution in [0.3, 0.4) is 0 Å². The monoisotopic (exact) mass is 231 g/mol. The van der Waals surface area contributed by atoms with E-state index in [2.05, 4.69) is 10.3 Å². The van der Waals surface area contributed by atoms with E-state index < -0.39 is 0 Å². The Morgan fingerprint density at radius 2 is 2.47 bits per heavy atom. The lowest BCUT2D eigenvalue weighted by molar-refractivity contribution is -0.124. The summed E-state index contributed by atoms with van der Waals surface area (Å²) < 4.78 is 7.18. The molecule has 3 heterocycles. The number of carbonyl (C=O) groups excluding carboxylic acids is 1. The summed E-state index contributed by atoms with van der Waals surface area (Å²) in [4.78, 5) is 16.1. The Balaban J connectivity index is 1.77. The first-order chi connectivity index (χ1) is 8.33. The van der Waals surface area contributed by atoms with Gasteiger partial charge >= 0.3 is 0 Å². The average Bonchev–Trinajstić information content (AvgIpc) is 2.97. The molecule has 1 saturated heterocycles. The Morgan fingerprint density at radius 3 is 3.24 bits per heavy atom. The number of aromatic nitrogens is 2. The Labute approximate surface area is 98.4 Å². The summed E-state index contributed by atoms with van der Waals surface area (Å²) in [5, 5.41) is 2.78. The van der Waals surface area contributed by atoms with E-state index in [4.69, 9.17) is 4.74 Å². The molecule has 1 aliphatic heterocycles. The topological polar surface area (TPSA) is 55.6 Å². The number of carbonyl (C=O) groups is 1. The number of rotatable bonds is 2. The van der Waals surface area contributed by atoms with Crippen molar-refractivity contribution in [1.82, 2.24) is 9.38 Å². The number of ether oxygens (including phenoxy) is 1. The van der Waals surface area contributed by atoms with E-state index in [9.17, 15) is 4.79 Å². The second-order valence-corrected chi connectivity index (χ2v) is 4.08. The smallest absolute Gasteiger partial charge is 0.254 e. The van der Waals surface area contributed by atoms with Crippen LogP contribution in [0.1, 0.15) is 12.8 Å². The molecular formula is C12H13N3O2. The van der Waals surface area contributed by atoms with Crippen molar-refractivity contribution in [3.8, 4) is 0 Å². The molecule has 0 aliphatic carbocycles. The van der Waals surface area contributed by atoms with Crippen LogP contribution in [0.15, 0.2) is 30.6 Å². The molecule has 0 spiro atoms. The second kappa shape index (κ2) is 4.18. The number of hydrogen-bond donors (Lipinski definition) is 1. The van der Waals surface area contributed by atoms with Gasteiger partial charge < -0.3 is 14.5 Å². The zero-order valence-electron chi connectivity index (χ0n) is 9.30. The molecule has 3 rings (SSSR count). The first kappa shape index (κ1) is 10.3. The van der Waals surface area contributed by atoms with Gasteiger partial charge in [-0.3, -0.25) is 4.79 Å². The molecule has 0 saturated carbocycles. The van der Waals surface area contributed by atoms with E-state index in [1.165, 1.54) is 0 Å². The predicted molar refractivity (Wildman–Crippen MR) is 62.8 cm³/mol. The Hall–Kier alpha value is -1.88. The van der Waals surface area contributed by atoms with Crippen LogP contribution < -0.4 is 5.32 Å². The van der Waals surface area contributed by atoms with Gasteiger partial charge in [-0.05, 0) is 25.0 Å². The summed E-state index contributed by atoms with van der Waals surface area (Å²) in [6.07, 6.45) is 5.11. The maximum absolute atomic E-state index is 11.8. The molecule has 1 N–H and O–H groups in total. The highest BCUT2D eigenvalue weighted by atomic mass is 16.5. The molecule has 1 aliphatic rings. The highest BCUT2D eigenvalue weighted by molar-refractivity contribution is 5.93. The number of nitrogens with zero attached hydrogens (tertiary/aromatic N) is 2. The molecule has 88 valence electrons. The summed E-state index contributed by atoms with van der Waals surface area (Å²) >= 11 is 0. The van der Waals surface area contributed by atoms with Gasteiger partial charge in [0.2, 0.25) is 0 Å². The quantitative estimate of drug-likeness (QED) is 0.851. The number of imidazole rings is 1. The lowest BCUT2D eigenvalue weighted by Crippen LogP contribution is -2.26. The van der Waals surface area contributed by atoms with Crippen molar-refractivity contribution in [3.05, 3.63) is 30.6 Å². The van der Waals surface area contributed by atoms with Crippen LogP contribution in [0, 0.1) is 0 Å². The largest absolute Gasteiger partial charge is 0.368 e. The lowest BCUT2D eigenvalue weighted by atomic mass is 10.2. The van der Waals surface area contributed by atoms with Crippen molar-refractivity contribution in [1.29, 1.82) is 0 Å². The van der Waals surface area contributed by atoms with Crippen LogP contribution in [0.4, 0.5) is 5.82 Å².